The maximum atomic E-state index is 13.1. The fourth-order valence-corrected chi connectivity index (χ4v) is 4.18. The van der Waals surface area contributed by atoms with E-state index in [0.29, 0.717) is 11.5 Å². The number of piperidine rings is 1. The Labute approximate surface area is 143 Å². The summed E-state index contributed by atoms with van der Waals surface area (Å²) in [5.41, 5.74) is 2.71. The maximum absolute atomic E-state index is 13.1. The molecule has 1 amide bonds. The second-order valence-electron chi connectivity index (χ2n) is 6.82. The van der Waals surface area contributed by atoms with Crippen molar-refractivity contribution in [2.45, 2.75) is 50.6 Å². The summed E-state index contributed by atoms with van der Waals surface area (Å²) in [5, 5.41) is 0. The first-order valence-electron chi connectivity index (χ1n) is 8.59. The van der Waals surface area contributed by atoms with Crippen LogP contribution < -0.4 is 0 Å². The van der Waals surface area contributed by atoms with Crippen molar-refractivity contribution in [2.75, 3.05) is 0 Å². The van der Waals surface area contributed by atoms with Crippen LogP contribution in [0, 0.1) is 5.82 Å². The van der Waals surface area contributed by atoms with Gasteiger partial charge in [0, 0.05) is 17.7 Å². The zero-order valence-electron chi connectivity index (χ0n) is 14.2. The van der Waals surface area contributed by atoms with E-state index in [9.17, 15) is 9.18 Å². The molecule has 0 saturated carbocycles. The molecule has 126 valence electrons. The van der Waals surface area contributed by atoms with E-state index in [4.69, 9.17) is 0 Å². The van der Waals surface area contributed by atoms with E-state index < -0.39 is 0 Å². The van der Waals surface area contributed by atoms with Crippen LogP contribution in [0.15, 0.2) is 60.7 Å². The third kappa shape index (κ3) is 2.95. The summed E-state index contributed by atoms with van der Waals surface area (Å²) in [4.78, 5) is 15.0. The van der Waals surface area contributed by atoms with Gasteiger partial charge < -0.3 is 4.90 Å². The van der Waals surface area contributed by atoms with Crippen molar-refractivity contribution in [3.8, 4) is 0 Å². The minimum atomic E-state index is -0.199. The minimum Gasteiger partial charge on any atom is -0.333 e. The van der Waals surface area contributed by atoms with Crippen LogP contribution in [-0.2, 0) is 4.79 Å². The summed E-state index contributed by atoms with van der Waals surface area (Å²) in [6.07, 6.45) is 7.35. The lowest BCUT2D eigenvalue weighted by atomic mass is 9.84. The Hall–Kier alpha value is -2.16. The van der Waals surface area contributed by atoms with E-state index in [1.165, 1.54) is 17.7 Å². The molecule has 2 aliphatic heterocycles. The highest BCUT2D eigenvalue weighted by molar-refractivity contribution is 5.98. The van der Waals surface area contributed by atoms with Gasteiger partial charge in [0.05, 0.1) is 0 Å². The van der Waals surface area contributed by atoms with Crippen molar-refractivity contribution < 1.29 is 9.18 Å². The number of fused-ring (bicyclic) bond motifs is 2. The van der Waals surface area contributed by atoms with Crippen LogP contribution in [0.2, 0.25) is 0 Å². The van der Waals surface area contributed by atoms with Gasteiger partial charge in [0.25, 0.3) is 5.91 Å². The Kier molecular flexibility index (Phi) is 4.70. The highest BCUT2D eigenvalue weighted by atomic mass is 19.1. The van der Waals surface area contributed by atoms with Gasteiger partial charge in [-0.15, -0.1) is 0 Å². The standard InChI is InChI=1S/C21H24FNO/c1-4-14(3)20(5-2)21(24)23-18-10-11-19(23)13-16(12-18)15-6-8-17(22)9-7-15/h4-9,16,18-19H,1-2,10-13H2,3H3/b20-14+. The fraction of sp³-hybridized carbons (Fsp3) is 0.381. The number of carbonyl (C=O) groups excluding carboxylic acids is 1. The molecule has 2 fully saturated rings. The predicted octanol–water partition coefficient (Wildman–Crippen LogP) is 4.75. The lowest BCUT2D eigenvalue weighted by Gasteiger charge is -2.39. The molecule has 1 aromatic carbocycles. The number of halogens is 1. The SMILES string of the molecule is C=C/C(C)=C(\C=C)C(=O)N1C2CCC1CC(c1ccc(F)cc1)C2. The molecule has 1 aromatic rings. The molecule has 3 rings (SSSR count). The van der Waals surface area contributed by atoms with Gasteiger partial charge in [-0.05, 0) is 61.8 Å². The Bertz CT molecular complexity index is 674. The highest BCUT2D eigenvalue weighted by Crippen LogP contribution is 2.43. The number of hydrogen-bond donors (Lipinski definition) is 0. The number of allylic oxidation sites excluding steroid dienone is 2. The van der Waals surface area contributed by atoms with Gasteiger partial charge in [0.1, 0.15) is 5.82 Å². The van der Waals surface area contributed by atoms with Crippen LogP contribution in [-0.4, -0.2) is 22.9 Å². The van der Waals surface area contributed by atoms with E-state index >= 15 is 0 Å². The third-order valence-electron chi connectivity index (χ3n) is 5.47. The summed E-state index contributed by atoms with van der Waals surface area (Å²) in [5.74, 6) is 0.284. The first-order chi connectivity index (χ1) is 11.5. The molecule has 2 aliphatic rings. The van der Waals surface area contributed by atoms with Crippen LogP contribution in [0.4, 0.5) is 4.39 Å². The van der Waals surface area contributed by atoms with Gasteiger partial charge in [-0.2, -0.15) is 0 Å². The molecule has 0 aromatic heterocycles. The van der Waals surface area contributed by atoms with E-state index in [0.717, 1.165) is 31.3 Å². The molecule has 2 unspecified atom stereocenters. The number of amides is 1. The summed E-state index contributed by atoms with van der Waals surface area (Å²) in [6, 6.07) is 7.35. The molecule has 2 heterocycles. The van der Waals surface area contributed by atoms with Crippen molar-refractivity contribution >= 4 is 5.91 Å². The van der Waals surface area contributed by atoms with E-state index in [1.807, 2.05) is 19.1 Å². The summed E-state index contributed by atoms with van der Waals surface area (Å²) in [6.45, 7) is 9.46. The van der Waals surface area contributed by atoms with Crippen molar-refractivity contribution in [1.82, 2.24) is 4.90 Å². The fourth-order valence-electron chi connectivity index (χ4n) is 4.18. The molecular formula is C21H24FNO. The molecule has 2 atom stereocenters. The molecule has 2 saturated heterocycles. The number of nitrogens with zero attached hydrogens (tertiary/aromatic N) is 1. The average molecular weight is 325 g/mol. The van der Waals surface area contributed by atoms with Crippen molar-refractivity contribution in [3.63, 3.8) is 0 Å². The van der Waals surface area contributed by atoms with Gasteiger partial charge in [-0.3, -0.25) is 4.79 Å². The summed E-state index contributed by atoms with van der Waals surface area (Å²) in [7, 11) is 0. The molecule has 2 bridgehead atoms. The van der Waals surface area contributed by atoms with E-state index in [-0.39, 0.29) is 23.8 Å². The lowest BCUT2D eigenvalue weighted by Crippen LogP contribution is -2.46. The van der Waals surface area contributed by atoms with Gasteiger partial charge in [0.2, 0.25) is 0 Å². The molecule has 0 radical (unpaired) electrons. The normalized spacial score (nSPS) is 26.8. The molecule has 0 aliphatic carbocycles. The van der Waals surface area contributed by atoms with Crippen molar-refractivity contribution in [2.24, 2.45) is 0 Å². The van der Waals surface area contributed by atoms with Crippen LogP contribution in [0.1, 0.15) is 44.1 Å². The first kappa shape index (κ1) is 16.7. The molecule has 0 spiro atoms. The minimum absolute atomic E-state index is 0.0763. The van der Waals surface area contributed by atoms with Gasteiger partial charge in [-0.1, -0.05) is 37.4 Å². The van der Waals surface area contributed by atoms with Crippen LogP contribution >= 0.6 is 0 Å². The summed E-state index contributed by atoms with van der Waals surface area (Å²) >= 11 is 0. The molecule has 2 nitrogen and oxygen atoms in total. The quantitative estimate of drug-likeness (QED) is 0.578. The maximum Gasteiger partial charge on any atom is 0.254 e. The molecule has 0 N–H and O–H groups in total. The van der Waals surface area contributed by atoms with Crippen molar-refractivity contribution in [1.29, 1.82) is 0 Å². The molecule has 3 heteroatoms. The number of rotatable bonds is 4. The molecular weight excluding hydrogens is 301 g/mol. The lowest BCUT2D eigenvalue weighted by molar-refractivity contribution is -0.131. The van der Waals surface area contributed by atoms with Gasteiger partial charge in [-0.25, -0.2) is 4.39 Å². The first-order valence-corrected chi connectivity index (χ1v) is 8.59. The Morgan fingerprint density at radius 2 is 1.71 bits per heavy atom. The largest absolute Gasteiger partial charge is 0.333 e. The zero-order valence-corrected chi connectivity index (χ0v) is 14.2. The molecule has 24 heavy (non-hydrogen) atoms. The third-order valence-corrected chi connectivity index (χ3v) is 5.47. The van der Waals surface area contributed by atoms with Gasteiger partial charge in [0.15, 0.2) is 0 Å². The second-order valence-corrected chi connectivity index (χ2v) is 6.82. The number of benzene rings is 1. The number of hydrogen-bond acceptors (Lipinski definition) is 1. The van der Waals surface area contributed by atoms with Crippen LogP contribution in [0.3, 0.4) is 0 Å². The van der Waals surface area contributed by atoms with E-state index in [2.05, 4.69) is 18.1 Å². The van der Waals surface area contributed by atoms with E-state index in [1.54, 1.807) is 12.2 Å². The van der Waals surface area contributed by atoms with Gasteiger partial charge >= 0.3 is 0 Å². The average Bonchev–Trinajstić information content (AvgIpc) is 2.85. The Balaban J connectivity index is 1.81. The number of carbonyl (C=O) groups is 1. The zero-order chi connectivity index (χ0) is 17.3. The summed E-state index contributed by atoms with van der Waals surface area (Å²) < 4.78 is 13.1. The topological polar surface area (TPSA) is 20.3 Å². The second kappa shape index (κ2) is 6.76. The highest BCUT2D eigenvalue weighted by Gasteiger charge is 2.43. The Morgan fingerprint density at radius 3 is 2.21 bits per heavy atom. The van der Waals surface area contributed by atoms with Crippen LogP contribution in [0.25, 0.3) is 0 Å². The predicted molar refractivity (Wildman–Crippen MR) is 95.1 cm³/mol. The van der Waals surface area contributed by atoms with Crippen LogP contribution in [0.5, 0.6) is 0 Å². The van der Waals surface area contributed by atoms with Crippen molar-refractivity contribution in [3.05, 3.63) is 72.1 Å². The Morgan fingerprint density at radius 1 is 1.12 bits per heavy atom. The monoisotopic (exact) mass is 325 g/mol. The smallest absolute Gasteiger partial charge is 0.254 e.